The zero-order chi connectivity index (χ0) is 24.1. The Labute approximate surface area is 206 Å². The molecule has 0 bridgehead atoms. The Hall–Kier alpha value is -3.76. The Morgan fingerprint density at radius 2 is 1.88 bits per heavy atom. The van der Waals surface area contributed by atoms with Crippen LogP contribution in [0.5, 0.6) is 17.2 Å². The second-order valence-electron chi connectivity index (χ2n) is 7.73. The van der Waals surface area contributed by atoms with Crippen molar-refractivity contribution in [2.24, 2.45) is 5.73 Å². The zero-order valence-corrected chi connectivity index (χ0v) is 20.2. The lowest BCUT2D eigenvalue weighted by atomic mass is 9.83. The summed E-state index contributed by atoms with van der Waals surface area (Å²) in [7, 11) is 0. The number of halogens is 1. The van der Waals surface area contributed by atoms with E-state index in [9.17, 15) is 10.1 Å². The molecular weight excluding hydrogens is 496 g/mol. The summed E-state index contributed by atoms with van der Waals surface area (Å²) in [5.41, 5.74) is 8.40. The Kier molecular flexibility index (Phi) is 7.19. The average molecular weight is 519 g/mol. The van der Waals surface area contributed by atoms with Crippen LogP contribution in [0.15, 0.2) is 82.7 Å². The number of ether oxygens (including phenoxy) is 3. The van der Waals surface area contributed by atoms with E-state index in [1.807, 2.05) is 30.3 Å². The first-order chi connectivity index (χ1) is 16.5. The predicted octanol–water partition coefficient (Wildman–Crippen LogP) is 6.07. The summed E-state index contributed by atoms with van der Waals surface area (Å²) in [6.45, 7) is 2.60. The standard InChI is InChI=1S/C27H23BrN2O4/c1-2-3-14-32-23-11-7-5-9-20(23)27(31)33-17-12-13-19-24(15-17)34-26(30)21(16-29)25(19)18-8-4-6-10-22(18)28/h4-13,15,25H,2-3,14,30H2,1H3. The molecule has 6 nitrogen and oxygen atoms in total. The lowest BCUT2D eigenvalue weighted by Gasteiger charge is -2.27. The smallest absolute Gasteiger partial charge is 0.347 e. The third kappa shape index (κ3) is 4.78. The molecule has 1 heterocycles. The summed E-state index contributed by atoms with van der Waals surface area (Å²) in [5, 5.41) is 9.75. The maximum Gasteiger partial charge on any atom is 0.347 e. The van der Waals surface area contributed by atoms with E-state index in [0.717, 1.165) is 28.4 Å². The Morgan fingerprint density at radius 1 is 1.12 bits per heavy atom. The predicted molar refractivity (Wildman–Crippen MR) is 132 cm³/mol. The van der Waals surface area contributed by atoms with Gasteiger partial charge in [-0.15, -0.1) is 0 Å². The lowest BCUT2D eigenvalue weighted by molar-refractivity contribution is 0.0730. The van der Waals surface area contributed by atoms with Gasteiger partial charge in [-0.2, -0.15) is 5.26 Å². The number of benzene rings is 3. The Bertz CT molecular complexity index is 1300. The molecule has 0 saturated heterocycles. The van der Waals surface area contributed by atoms with E-state index in [1.54, 1.807) is 36.4 Å². The summed E-state index contributed by atoms with van der Waals surface area (Å²) in [4.78, 5) is 12.9. The summed E-state index contributed by atoms with van der Waals surface area (Å²) >= 11 is 3.57. The van der Waals surface area contributed by atoms with Gasteiger partial charge in [-0.05, 0) is 36.2 Å². The van der Waals surface area contributed by atoms with E-state index in [0.29, 0.717) is 35.0 Å². The lowest BCUT2D eigenvalue weighted by Crippen LogP contribution is -2.21. The van der Waals surface area contributed by atoms with E-state index in [1.165, 1.54) is 0 Å². The van der Waals surface area contributed by atoms with Crippen molar-refractivity contribution >= 4 is 21.9 Å². The number of allylic oxidation sites excluding steroid dienone is 1. The van der Waals surface area contributed by atoms with E-state index >= 15 is 0 Å². The van der Waals surface area contributed by atoms with Crippen molar-refractivity contribution in [1.82, 2.24) is 0 Å². The highest BCUT2D eigenvalue weighted by Gasteiger charge is 2.32. The molecule has 0 fully saturated rings. The maximum atomic E-state index is 12.9. The first-order valence-corrected chi connectivity index (χ1v) is 11.7. The molecule has 3 aromatic carbocycles. The molecule has 2 N–H and O–H groups in total. The molecule has 0 radical (unpaired) electrons. The van der Waals surface area contributed by atoms with E-state index in [4.69, 9.17) is 19.9 Å². The van der Waals surface area contributed by atoms with Gasteiger partial charge in [-0.1, -0.05) is 65.7 Å². The van der Waals surface area contributed by atoms with Crippen molar-refractivity contribution in [2.75, 3.05) is 6.61 Å². The highest BCUT2D eigenvalue weighted by molar-refractivity contribution is 9.10. The summed E-state index contributed by atoms with van der Waals surface area (Å²) in [6.07, 6.45) is 1.89. The molecule has 172 valence electrons. The number of carbonyl (C=O) groups excluding carboxylic acids is 1. The van der Waals surface area contributed by atoms with Gasteiger partial charge >= 0.3 is 5.97 Å². The number of rotatable bonds is 7. The molecule has 0 aromatic heterocycles. The highest BCUT2D eigenvalue weighted by atomic mass is 79.9. The molecular formula is C27H23BrN2O4. The van der Waals surface area contributed by atoms with E-state index in [-0.39, 0.29) is 5.88 Å². The van der Waals surface area contributed by atoms with Crippen LogP contribution in [0.1, 0.15) is 47.2 Å². The number of hydrogen-bond acceptors (Lipinski definition) is 6. The summed E-state index contributed by atoms with van der Waals surface area (Å²) in [5.74, 6) is 0.276. The van der Waals surface area contributed by atoms with Gasteiger partial charge in [0.2, 0.25) is 5.88 Å². The normalized spacial score (nSPS) is 14.6. The molecule has 3 aromatic rings. The third-order valence-corrected chi connectivity index (χ3v) is 6.20. The number of hydrogen-bond donors (Lipinski definition) is 1. The van der Waals surface area contributed by atoms with E-state index < -0.39 is 11.9 Å². The fourth-order valence-electron chi connectivity index (χ4n) is 3.78. The number of nitriles is 1. The van der Waals surface area contributed by atoms with E-state index in [2.05, 4.69) is 28.9 Å². The number of unbranched alkanes of at least 4 members (excludes halogenated alkanes) is 1. The van der Waals surface area contributed by atoms with Crippen LogP contribution in [0.2, 0.25) is 0 Å². The minimum Gasteiger partial charge on any atom is -0.493 e. The largest absolute Gasteiger partial charge is 0.493 e. The highest BCUT2D eigenvalue weighted by Crippen LogP contribution is 2.45. The van der Waals surface area contributed by atoms with Gasteiger partial charge in [0, 0.05) is 16.1 Å². The van der Waals surface area contributed by atoms with Gasteiger partial charge in [0.15, 0.2) is 0 Å². The van der Waals surface area contributed by atoms with Crippen LogP contribution in [-0.4, -0.2) is 12.6 Å². The van der Waals surface area contributed by atoms with Crippen LogP contribution >= 0.6 is 15.9 Å². The number of nitrogens with zero attached hydrogens (tertiary/aromatic N) is 1. The maximum absolute atomic E-state index is 12.9. The molecule has 1 atom stereocenters. The first-order valence-electron chi connectivity index (χ1n) is 10.9. The molecule has 4 rings (SSSR count). The number of fused-ring (bicyclic) bond motifs is 1. The average Bonchev–Trinajstić information content (AvgIpc) is 2.84. The Balaban J connectivity index is 1.64. The summed E-state index contributed by atoms with van der Waals surface area (Å²) < 4.78 is 18.0. The van der Waals surface area contributed by atoms with Crippen LogP contribution in [0.3, 0.4) is 0 Å². The van der Waals surface area contributed by atoms with Crippen molar-refractivity contribution in [1.29, 1.82) is 5.26 Å². The molecule has 0 saturated carbocycles. The molecule has 34 heavy (non-hydrogen) atoms. The van der Waals surface area contributed by atoms with Crippen LogP contribution in [0.4, 0.5) is 0 Å². The molecule has 7 heteroatoms. The minimum absolute atomic E-state index is 0.0221. The number of para-hydroxylation sites is 1. The molecule has 1 aliphatic heterocycles. The first kappa shape index (κ1) is 23.4. The van der Waals surface area contributed by atoms with Gasteiger partial charge in [0.25, 0.3) is 0 Å². The van der Waals surface area contributed by atoms with Gasteiger partial charge in [-0.25, -0.2) is 4.79 Å². The van der Waals surface area contributed by atoms with Crippen molar-refractivity contribution in [3.63, 3.8) is 0 Å². The van der Waals surface area contributed by atoms with Gasteiger partial charge < -0.3 is 19.9 Å². The second kappa shape index (κ2) is 10.4. The SMILES string of the molecule is CCCCOc1ccccc1C(=O)Oc1ccc2c(c1)OC(N)=C(C#N)C2c1ccccc1Br. The van der Waals surface area contributed by atoms with Crippen molar-refractivity contribution in [3.05, 3.63) is 99.3 Å². The van der Waals surface area contributed by atoms with Gasteiger partial charge in [0.1, 0.15) is 34.5 Å². The monoisotopic (exact) mass is 518 g/mol. The van der Waals surface area contributed by atoms with Gasteiger partial charge in [-0.3, -0.25) is 0 Å². The Morgan fingerprint density at radius 3 is 2.65 bits per heavy atom. The third-order valence-electron chi connectivity index (χ3n) is 5.48. The van der Waals surface area contributed by atoms with Crippen molar-refractivity contribution in [2.45, 2.75) is 25.7 Å². The van der Waals surface area contributed by atoms with Crippen molar-refractivity contribution in [3.8, 4) is 23.3 Å². The van der Waals surface area contributed by atoms with Crippen LogP contribution in [0.25, 0.3) is 0 Å². The number of nitrogens with two attached hydrogens (primary N) is 1. The van der Waals surface area contributed by atoms with Crippen molar-refractivity contribution < 1.29 is 19.0 Å². The topological polar surface area (TPSA) is 94.6 Å². The van der Waals surface area contributed by atoms with Crippen LogP contribution in [-0.2, 0) is 0 Å². The zero-order valence-electron chi connectivity index (χ0n) is 18.6. The second-order valence-corrected chi connectivity index (χ2v) is 8.59. The summed E-state index contributed by atoms with van der Waals surface area (Å²) in [6, 6.07) is 21.9. The quantitative estimate of drug-likeness (QED) is 0.232. The molecule has 1 unspecified atom stereocenters. The fraction of sp³-hybridized carbons (Fsp3) is 0.185. The number of carbonyl (C=O) groups is 1. The molecule has 0 spiro atoms. The molecule has 1 aliphatic rings. The van der Waals surface area contributed by atoms with Crippen LogP contribution in [0, 0.1) is 11.3 Å². The van der Waals surface area contributed by atoms with Crippen LogP contribution < -0.4 is 19.9 Å². The fourth-order valence-corrected chi connectivity index (χ4v) is 4.29. The molecule has 0 aliphatic carbocycles. The van der Waals surface area contributed by atoms with Gasteiger partial charge in [0.05, 0.1) is 12.5 Å². The minimum atomic E-state index is -0.536. The molecule has 0 amide bonds. The number of esters is 1.